The number of benzene rings is 5. The summed E-state index contributed by atoms with van der Waals surface area (Å²) in [5.41, 5.74) is 21.0. The van der Waals surface area contributed by atoms with Gasteiger partial charge in [0.05, 0.1) is 5.69 Å². The standard InChI is InChI=1S/C62H78N2O/c1-39-30-44(63(42-19-21-47-49(34-42)59(10,11)26-24-57(47,6)7)43-20-22-48-50(35-43)60(12,13)27-25-58(48,8)9)33-45(31-39)64(53-23-18-41(32-40(53)2)56(3,4)5)54-38-65-55-37-52-51(36-46(54)55)61(14,15)28-29-62(52,16)17/h18-23,30-38H,24-29H2,1-17H3. The largest absolute Gasteiger partial charge is 0.462 e. The topological polar surface area (TPSA) is 19.6 Å². The summed E-state index contributed by atoms with van der Waals surface area (Å²) < 4.78 is 6.69. The highest BCUT2D eigenvalue weighted by molar-refractivity contribution is 5.99. The van der Waals surface area contributed by atoms with Crippen molar-refractivity contribution in [1.82, 2.24) is 0 Å². The van der Waals surface area contributed by atoms with Gasteiger partial charge in [-0.1, -0.05) is 128 Å². The van der Waals surface area contributed by atoms with Crippen molar-refractivity contribution in [3.8, 4) is 0 Å². The quantitative estimate of drug-likeness (QED) is 0.166. The zero-order chi connectivity index (χ0) is 47.0. The third-order valence-corrected chi connectivity index (χ3v) is 16.8. The molecule has 1 heterocycles. The van der Waals surface area contributed by atoms with Gasteiger partial charge in [-0.15, -0.1) is 0 Å². The van der Waals surface area contributed by atoms with Gasteiger partial charge in [-0.3, -0.25) is 0 Å². The Morgan fingerprint density at radius 2 is 0.846 bits per heavy atom. The van der Waals surface area contributed by atoms with E-state index in [-0.39, 0.29) is 37.9 Å². The summed E-state index contributed by atoms with van der Waals surface area (Å²) in [6, 6.07) is 33.9. The molecule has 1 aromatic heterocycles. The van der Waals surface area contributed by atoms with Crippen LogP contribution < -0.4 is 9.80 Å². The van der Waals surface area contributed by atoms with E-state index in [4.69, 9.17) is 4.42 Å². The van der Waals surface area contributed by atoms with E-state index in [0.717, 1.165) is 40.1 Å². The van der Waals surface area contributed by atoms with E-state index >= 15 is 0 Å². The predicted octanol–water partition coefficient (Wildman–Crippen LogP) is 18.3. The van der Waals surface area contributed by atoms with Crippen molar-refractivity contribution in [2.75, 3.05) is 9.80 Å². The lowest BCUT2D eigenvalue weighted by atomic mass is 9.63. The molecule has 342 valence electrons. The lowest BCUT2D eigenvalue weighted by Gasteiger charge is -2.43. The SMILES string of the molecule is Cc1cc(N(c2ccc3c(c2)C(C)(C)CCC3(C)C)c2ccc3c(c2)C(C)(C)CCC3(C)C)cc(N(c2ccc(C(C)(C)C)cc2C)c2coc3cc4c(cc23)C(C)(C)CCC4(C)C)c1. The molecular formula is C62H78N2O. The average Bonchev–Trinajstić information content (AvgIpc) is 3.63. The maximum absolute atomic E-state index is 6.69. The fourth-order valence-corrected chi connectivity index (χ4v) is 11.9. The van der Waals surface area contributed by atoms with Gasteiger partial charge in [0.1, 0.15) is 11.8 Å². The molecule has 0 spiro atoms. The number of furan rings is 1. The minimum atomic E-state index is 0.0300. The number of nitrogens with zero attached hydrogens (tertiary/aromatic N) is 2. The predicted molar refractivity (Wildman–Crippen MR) is 280 cm³/mol. The van der Waals surface area contributed by atoms with Crippen LogP contribution in [0.4, 0.5) is 34.1 Å². The first-order chi connectivity index (χ1) is 30.1. The van der Waals surface area contributed by atoms with Gasteiger partial charge in [0.25, 0.3) is 0 Å². The molecule has 0 aliphatic heterocycles. The van der Waals surface area contributed by atoms with E-state index < -0.39 is 0 Å². The molecule has 0 fully saturated rings. The second kappa shape index (κ2) is 14.9. The first kappa shape index (κ1) is 45.4. The van der Waals surface area contributed by atoms with Crippen LogP contribution >= 0.6 is 0 Å². The molecule has 0 N–H and O–H groups in total. The molecule has 0 saturated heterocycles. The van der Waals surface area contributed by atoms with E-state index in [2.05, 4.69) is 212 Å². The highest BCUT2D eigenvalue weighted by Gasteiger charge is 2.41. The van der Waals surface area contributed by atoms with E-state index in [0.29, 0.717) is 0 Å². The van der Waals surface area contributed by atoms with Crippen molar-refractivity contribution < 1.29 is 4.42 Å². The van der Waals surface area contributed by atoms with E-state index in [9.17, 15) is 0 Å². The van der Waals surface area contributed by atoms with Crippen molar-refractivity contribution in [2.24, 2.45) is 0 Å². The Bertz CT molecular complexity index is 2770. The zero-order valence-corrected chi connectivity index (χ0v) is 43.2. The number of anilines is 6. The van der Waals surface area contributed by atoms with E-state index in [1.54, 1.807) is 0 Å². The molecule has 0 unspecified atom stereocenters. The van der Waals surface area contributed by atoms with Crippen molar-refractivity contribution in [2.45, 2.75) is 194 Å². The smallest absolute Gasteiger partial charge is 0.136 e. The summed E-state index contributed by atoms with van der Waals surface area (Å²) in [6.07, 6.45) is 9.08. The van der Waals surface area contributed by atoms with Gasteiger partial charge in [0.2, 0.25) is 0 Å². The lowest BCUT2D eigenvalue weighted by Crippen LogP contribution is -2.34. The first-order valence-electron chi connectivity index (χ1n) is 24.8. The van der Waals surface area contributed by atoms with Crippen LogP contribution in [-0.2, 0) is 37.9 Å². The average molecular weight is 867 g/mol. The molecule has 0 amide bonds. The molecule has 65 heavy (non-hydrogen) atoms. The molecule has 0 saturated carbocycles. The van der Waals surface area contributed by atoms with Crippen LogP contribution in [-0.4, -0.2) is 0 Å². The van der Waals surface area contributed by atoms with Crippen molar-refractivity contribution in [3.05, 3.63) is 141 Å². The highest BCUT2D eigenvalue weighted by atomic mass is 16.3. The molecular weight excluding hydrogens is 789 g/mol. The fraction of sp³-hybridized carbons (Fsp3) is 0.484. The van der Waals surface area contributed by atoms with Gasteiger partial charge < -0.3 is 14.2 Å². The minimum Gasteiger partial charge on any atom is -0.462 e. The summed E-state index contributed by atoms with van der Waals surface area (Å²) in [5, 5.41) is 1.16. The molecule has 0 bridgehead atoms. The fourth-order valence-electron chi connectivity index (χ4n) is 11.9. The van der Waals surface area contributed by atoms with Crippen LogP contribution in [0.2, 0.25) is 0 Å². The van der Waals surface area contributed by atoms with Crippen LogP contribution in [0.15, 0.2) is 95.6 Å². The van der Waals surface area contributed by atoms with Gasteiger partial charge in [0, 0.05) is 33.8 Å². The first-order valence-corrected chi connectivity index (χ1v) is 24.8. The normalized spacial score (nSPS) is 19.8. The van der Waals surface area contributed by atoms with Gasteiger partial charge in [-0.05, 0) is 201 Å². The molecule has 6 aromatic rings. The Morgan fingerprint density at radius 1 is 0.415 bits per heavy atom. The summed E-state index contributed by atoms with van der Waals surface area (Å²) >= 11 is 0. The number of aryl methyl sites for hydroxylation is 2. The Hall–Kier alpha value is -4.76. The molecule has 5 aromatic carbocycles. The number of hydrogen-bond acceptors (Lipinski definition) is 3. The lowest BCUT2D eigenvalue weighted by molar-refractivity contribution is 0.332. The highest BCUT2D eigenvalue weighted by Crippen LogP contribution is 2.53. The molecule has 3 heteroatoms. The van der Waals surface area contributed by atoms with Crippen LogP contribution in [0.5, 0.6) is 0 Å². The van der Waals surface area contributed by atoms with Crippen molar-refractivity contribution in [3.63, 3.8) is 0 Å². The molecule has 3 aliphatic carbocycles. The second-order valence-corrected chi connectivity index (χ2v) is 25.7. The third-order valence-electron chi connectivity index (χ3n) is 16.8. The summed E-state index contributed by atoms with van der Waals surface area (Å²) in [7, 11) is 0. The van der Waals surface area contributed by atoms with Gasteiger partial charge >= 0.3 is 0 Å². The maximum atomic E-state index is 6.69. The van der Waals surface area contributed by atoms with Gasteiger partial charge in [0.15, 0.2) is 0 Å². The van der Waals surface area contributed by atoms with Gasteiger partial charge in [-0.25, -0.2) is 0 Å². The third kappa shape index (κ3) is 7.75. The summed E-state index contributed by atoms with van der Waals surface area (Å²) in [6.45, 7) is 40.6. The Balaban J connectivity index is 1.31. The molecule has 0 radical (unpaired) electrons. The van der Waals surface area contributed by atoms with E-state index in [1.807, 2.05) is 6.26 Å². The van der Waals surface area contributed by atoms with Crippen LogP contribution in [0.3, 0.4) is 0 Å². The van der Waals surface area contributed by atoms with Crippen LogP contribution in [0.1, 0.15) is 192 Å². The Labute approximate surface area is 393 Å². The minimum absolute atomic E-state index is 0.0300. The molecule has 3 nitrogen and oxygen atoms in total. The van der Waals surface area contributed by atoms with Crippen molar-refractivity contribution >= 4 is 45.1 Å². The molecule has 9 rings (SSSR count). The Morgan fingerprint density at radius 3 is 1.31 bits per heavy atom. The van der Waals surface area contributed by atoms with Gasteiger partial charge in [-0.2, -0.15) is 0 Å². The summed E-state index contributed by atoms with van der Waals surface area (Å²) in [4.78, 5) is 5.06. The zero-order valence-electron chi connectivity index (χ0n) is 43.2. The maximum Gasteiger partial charge on any atom is 0.136 e. The number of rotatable bonds is 6. The Kier molecular flexibility index (Phi) is 10.4. The van der Waals surface area contributed by atoms with Crippen LogP contribution in [0, 0.1) is 13.8 Å². The van der Waals surface area contributed by atoms with Crippen LogP contribution in [0.25, 0.3) is 11.0 Å². The number of fused-ring (bicyclic) bond motifs is 4. The summed E-state index contributed by atoms with van der Waals surface area (Å²) in [5.74, 6) is 0. The second-order valence-electron chi connectivity index (χ2n) is 25.7. The monoisotopic (exact) mass is 867 g/mol. The van der Waals surface area contributed by atoms with Crippen molar-refractivity contribution in [1.29, 1.82) is 0 Å². The van der Waals surface area contributed by atoms with E-state index in [1.165, 1.54) is 93.5 Å². The molecule has 0 atom stereocenters. The number of hydrogen-bond donors (Lipinski definition) is 0. The molecule has 3 aliphatic rings.